The highest BCUT2D eigenvalue weighted by molar-refractivity contribution is 6.53. The summed E-state index contributed by atoms with van der Waals surface area (Å²) in [5.41, 5.74) is 2.20. The van der Waals surface area contributed by atoms with Crippen LogP contribution >= 0.6 is 0 Å². The minimum atomic E-state index is -1.03. The molecule has 2 aliphatic heterocycles. The predicted octanol–water partition coefficient (Wildman–Crippen LogP) is 4.52. The smallest absolute Gasteiger partial charge is 0.316 e. The van der Waals surface area contributed by atoms with Gasteiger partial charge in [-0.15, -0.1) is 0 Å². The number of likely N-dealkylation sites (tertiary alicyclic amines) is 1. The van der Waals surface area contributed by atoms with Gasteiger partial charge in [0.2, 0.25) is 14.9 Å². The largest absolute Gasteiger partial charge is 0.463 e. The molecule has 3 heterocycles. The average molecular weight is 543 g/mol. The Labute approximate surface area is 227 Å². The second-order valence-electron chi connectivity index (χ2n) is 11.3. The topological polar surface area (TPSA) is 71.0 Å². The van der Waals surface area contributed by atoms with E-state index in [2.05, 4.69) is 47.1 Å². The summed E-state index contributed by atoms with van der Waals surface area (Å²) in [5.74, 6) is 0.372. The molecule has 1 amide bonds. The Kier molecular flexibility index (Phi) is 9.25. The molecular weight excluding hydrogens is 501 g/mol. The number of benzene rings is 1. The van der Waals surface area contributed by atoms with Gasteiger partial charge in [-0.05, 0) is 36.4 Å². The Morgan fingerprint density at radius 1 is 1.05 bits per heavy atom. The molecule has 4 rings (SSSR count). The van der Waals surface area contributed by atoms with E-state index in [1.807, 2.05) is 23.1 Å². The molecule has 207 valence electrons. The summed E-state index contributed by atoms with van der Waals surface area (Å²) in [5, 5.41) is 0.109. The molecule has 0 spiro atoms. The van der Waals surface area contributed by atoms with Crippen LogP contribution in [-0.4, -0.2) is 75.7 Å². The first-order chi connectivity index (χ1) is 18.1. The molecule has 1 aromatic heterocycles. The van der Waals surface area contributed by atoms with Gasteiger partial charge >= 0.3 is 6.01 Å². The highest BCUT2D eigenvalue weighted by atomic mass is 28.3. The van der Waals surface area contributed by atoms with E-state index in [-0.39, 0.29) is 16.8 Å². The van der Waals surface area contributed by atoms with E-state index in [0.717, 1.165) is 44.7 Å². The third-order valence-corrected chi connectivity index (χ3v) is 10.4. The van der Waals surface area contributed by atoms with E-state index < -0.39 is 9.04 Å². The Bertz CT molecular complexity index is 1070. The Morgan fingerprint density at radius 2 is 1.68 bits per heavy atom. The fraction of sp³-hybridized carbons (Fsp3) is 0.607. The van der Waals surface area contributed by atoms with Gasteiger partial charge in [-0.25, -0.2) is 14.4 Å². The van der Waals surface area contributed by atoms with Crippen LogP contribution in [0.3, 0.4) is 0 Å². The molecule has 0 N–H and O–H groups in total. The maximum absolute atomic E-state index is 15.4. The number of anilines is 2. The van der Waals surface area contributed by atoms with Crippen LogP contribution in [0, 0.1) is 11.7 Å². The third-order valence-electron chi connectivity index (χ3n) is 7.67. The lowest BCUT2D eigenvalue weighted by molar-refractivity contribution is -0.130. The molecule has 0 bridgehead atoms. The lowest BCUT2D eigenvalue weighted by Gasteiger charge is -2.37. The van der Waals surface area contributed by atoms with E-state index in [1.165, 1.54) is 0 Å². The molecule has 2 aromatic rings. The van der Waals surface area contributed by atoms with Gasteiger partial charge in [0, 0.05) is 51.8 Å². The number of piperazine rings is 1. The van der Waals surface area contributed by atoms with Gasteiger partial charge in [0.25, 0.3) is 0 Å². The second-order valence-corrected chi connectivity index (χ2v) is 14.2. The summed E-state index contributed by atoms with van der Waals surface area (Å²) in [6.07, 6.45) is 5.48. The van der Waals surface area contributed by atoms with E-state index in [9.17, 15) is 4.79 Å². The van der Waals surface area contributed by atoms with Gasteiger partial charge in [0.1, 0.15) is 0 Å². The lowest BCUT2D eigenvalue weighted by Crippen LogP contribution is -2.47. The molecule has 0 atom stereocenters. The normalized spacial score (nSPS) is 17.3. The van der Waals surface area contributed by atoms with E-state index in [1.54, 1.807) is 19.3 Å². The monoisotopic (exact) mass is 542 g/mol. The second kappa shape index (κ2) is 12.4. The molecule has 1 aromatic carbocycles. The van der Waals surface area contributed by atoms with E-state index in [4.69, 9.17) is 9.16 Å². The molecule has 0 saturated carbocycles. The Balaban J connectivity index is 1.26. The van der Waals surface area contributed by atoms with Gasteiger partial charge in [0.05, 0.1) is 37.0 Å². The van der Waals surface area contributed by atoms with Crippen molar-refractivity contribution < 1.29 is 18.3 Å². The van der Waals surface area contributed by atoms with Gasteiger partial charge < -0.3 is 23.9 Å². The number of carbonyl (C=O) groups excluding carboxylic acids is 1. The predicted molar refractivity (Wildman–Crippen MR) is 149 cm³/mol. The van der Waals surface area contributed by atoms with Gasteiger partial charge in [-0.3, -0.25) is 4.79 Å². The van der Waals surface area contributed by atoms with Gasteiger partial charge in [-0.1, -0.05) is 32.9 Å². The quantitative estimate of drug-likeness (QED) is 0.454. The van der Waals surface area contributed by atoms with Crippen LogP contribution in [-0.2, 0) is 15.8 Å². The van der Waals surface area contributed by atoms with Crippen LogP contribution in [0.4, 0.5) is 15.8 Å². The van der Waals surface area contributed by atoms with Crippen LogP contribution in [0.1, 0.15) is 46.1 Å². The molecule has 2 aliphatic rings. The number of aromatic nitrogens is 2. The van der Waals surface area contributed by atoms with Crippen molar-refractivity contribution in [1.29, 1.82) is 0 Å². The summed E-state index contributed by atoms with van der Waals surface area (Å²) in [6, 6.07) is 5.98. The zero-order valence-corrected chi connectivity index (χ0v) is 24.4. The van der Waals surface area contributed by atoms with E-state index >= 15 is 4.39 Å². The molecule has 2 fully saturated rings. The number of hydrogen-bond donors (Lipinski definition) is 0. The van der Waals surface area contributed by atoms with Crippen molar-refractivity contribution in [2.75, 3.05) is 55.7 Å². The van der Waals surface area contributed by atoms with Crippen molar-refractivity contribution >= 4 is 26.3 Å². The first kappa shape index (κ1) is 28.3. The number of rotatable bonds is 8. The van der Waals surface area contributed by atoms with Crippen molar-refractivity contribution in [2.45, 2.75) is 58.7 Å². The van der Waals surface area contributed by atoms with Crippen molar-refractivity contribution in [3.8, 4) is 6.01 Å². The highest BCUT2D eigenvalue weighted by Gasteiger charge is 2.26. The SMILES string of the molecule is CC(=O)N1CCC(COc2ncc(N3CCN(c4cccc(CO[Si](C)C(C)(C)C)c4F)CC3)cn2)CC1. The van der Waals surface area contributed by atoms with Crippen LogP contribution < -0.4 is 14.5 Å². The molecular formula is C28H41FN5O3Si. The average Bonchev–Trinajstić information content (AvgIpc) is 2.91. The van der Waals surface area contributed by atoms with Crippen LogP contribution in [0.25, 0.3) is 0 Å². The third kappa shape index (κ3) is 7.22. The fourth-order valence-electron chi connectivity index (χ4n) is 4.68. The Morgan fingerprint density at radius 3 is 2.29 bits per heavy atom. The molecule has 0 unspecified atom stereocenters. The maximum Gasteiger partial charge on any atom is 0.316 e. The van der Waals surface area contributed by atoms with Crippen molar-refractivity contribution in [3.05, 3.63) is 42.0 Å². The number of nitrogens with zero attached hydrogens (tertiary/aromatic N) is 5. The van der Waals surface area contributed by atoms with Crippen LogP contribution in [0.2, 0.25) is 11.6 Å². The first-order valence-electron chi connectivity index (χ1n) is 13.6. The Hall–Kier alpha value is -2.72. The number of amides is 1. The zero-order chi connectivity index (χ0) is 27.3. The summed E-state index contributed by atoms with van der Waals surface area (Å²) in [7, 11) is -1.03. The molecule has 38 heavy (non-hydrogen) atoms. The number of halogens is 1. The van der Waals surface area contributed by atoms with Crippen LogP contribution in [0.5, 0.6) is 6.01 Å². The molecule has 10 heteroatoms. The number of carbonyl (C=O) groups is 1. The molecule has 0 aliphatic carbocycles. The summed E-state index contributed by atoms with van der Waals surface area (Å²) in [6.45, 7) is 15.6. The molecule has 1 radical (unpaired) electrons. The summed E-state index contributed by atoms with van der Waals surface area (Å²) >= 11 is 0. The fourth-order valence-corrected chi connectivity index (χ4v) is 5.49. The molecule has 2 saturated heterocycles. The van der Waals surface area contributed by atoms with Crippen molar-refractivity contribution in [3.63, 3.8) is 0 Å². The van der Waals surface area contributed by atoms with Gasteiger partial charge in [0.15, 0.2) is 5.82 Å². The first-order valence-corrected chi connectivity index (χ1v) is 15.5. The highest BCUT2D eigenvalue weighted by Crippen LogP contribution is 2.30. The number of piperidine rings is 1. The molecule has 8 nitrogen and oxygen atoms in total. The zero-order valence-electron chi connectivity index (χ0n) is 23.4. The van der Waals surface area contributed by atoms with Crippen LogP contribution in [0.15, 0.2) is 30.6 Å². The maximum atomic E-state index is 15.4. The number of ether oxygens (including phenoxy) is 1. The summed E-state index contributed by atoms with van der Waals surface area (Å²) < 4.78 is 27.2. The van der Waals surface area contributed by atoms with E-state index in [0.29, 0.717) is 49.5 Å². The minimum Gasteiger partial charge on any atom is -0.463 e. The standard InChI is InChI=1S/C28H41FN5O3Si/c1-21(35)32-11-9-22(10-12-32)19-36-27-30-17-24(18-31-27)33-13-15-34(16-14-33)25-8-6-7-23(26(25)29)20-37-38(5)28(2,3)4/h6-8,17-18,22H,9-16,19-20H2,1-5H3. The number of hydrogen-bond acceptors (Lipinski definition) is 7. The van der Waals surface area contributed by atoms with Crippen molar-refractivity contribution in [2.24, 2.45) is 5.92 Å². The lowest BCUT2D eigenvalue weighted by atomic mass is 9.98. The summed E-state index contributed by atoms with van der Waals surface area (Å²) in [4.78, 5) is 26.5. The van der Waals surface area contributed by atoms with Gasteiger partial charge in [-0.2, -0.15) is 0 Å². The minimum absolute atomic E-state index is 0.109. The van der Waals surface area contributed by atoms with Crippen molar-refractivity contribution in [1.82, 2.24) is 14.9 Å².